The van der Waals surface area contributed by atoms with E-state index in [2.05, 4.69) is 0 Å². The average molecular weight is 505 g/mol. The third-order valence-corrected chi connectivity index (χ3v) is 8.43. The van der Waals surface area contributed by atoms with Crippen LogP contribution in [0.4, 0.5) is 5.69 Å². The largest absolute Gasteiger partial charge is 0.469 e. The Bertz CT molecular complexity index is 1300. The van der Waals surface area contributed by atoms with Crippen molar-refractivity contribution in [3.63, 3.8) is 0 Å². The molecule has 170 valence electrons. The molecule has 3 unspecified atom stereocenters. The minimum Gasteiger partial charge on any atom is -0.469 e. The van der Waals surface area contributed by atoms with E-state index in [0.717, 1.165) is 23.1 Å². The topological polar surface area (TPSA) is 98.8 Å². The Balaban J connectivity index is 1.61. The van der Waals surface area contributed by atoms with Gasteiger partial charge < -0.3 is 9.15 Å². The van der Waals surface area contributed by atoms with Crippen LogP contribution in [0.2, 0.25) is 5.02 Å². The van der Waals surface area contributed by atoms with E-state index >= 15 is 0 Å². The van der Waals surface area contributed by atoms with E-state index in [1.165, 1.54) is 15.7 Å². The first-order valence-electron chi connectivity index (χ1n) is 10.1. The number of aromatic nitrogens is 1. The van der Waals surface area contributed by atoms with Crippen LogP contribution in [0.25, 0.3) is 0 Å². The van der Waals surface area contributed by atoms with Crippen LogP contribution in [0.15, 0.2) is 56.9 Å². The second-order valence-corrected chi connectivity index (χ2v) is 10.0. The third-order valence-electron chi connectivity index (χ3n) is 5.58. The number of thioether (sulfide) groups is 1. The summed E-state index contributed by atoms with van der Waals surface area (Å²) < 4.78 is 12.0. The molecule has 1 aromatic carbocycles. The fourth-order valence-electron chi connectivity index (χ4n) is 4.21. The smallest absolute Gasteiger partial charge is 0.326 e. The Kier molecular flexibility index (Phi) is 5.67. The summed E-state index contributed by atoms with van der Waals surface area (Å²) >= 11 is 8.06. The number of esters is 1. The van der Waals surface area contributed by atoms with Crippen molar-refractivity contribution in [2.24, 2.45) is 5.92 Å². The molecule has 33 heavy (non-hydrogen) atoms. The van der Waals surface area contributed by atoms with E-state index < -0.39 is 23.1 Å². The van der Waals surface area contributed by atoms with Crippen molar-refractivity contribution >= 4 is 58.2 Å². The number of fused-ring (bicyclic) bond motifs is 2. The molecule has 4 heterocycles. The number of anilines is 1. The van der Waals surface area contributed by atoms with Crippen molar-refractivity contribution in [3.05, 3.63) is 68.0 Å². The SMILES string of the molecule is CCOC(=O)Cn1c2c(sc1=O)C(c1ccco1)C1C(=O)N(c3ccc(Cl)cc3)C(=O)C1S2. The summed E-state index contributed by atoms with van der Waals surface area (Å²) in [6.07, 6.45) is 1.49. The number of hydrogen-bond acceptors (Lipinski definition) is 8. The van der Waals surface area contributed by atoms with E-state index in [-0.39, 0.29) is 29.8 Å². The number of hydrogen-bond donors (Lipinski definition) is 0. The molecule has 2 aliphatic rings. The first-order chi connectivity index (χ1) is 15.9. The van der Waals surface area contributed by atoms with Gasteiger partial charge in [-0.25, -0.2) is 4.90 Å². The van der Waals surface area contributed by atoms with E-state index in [1.807, 2.05) is 0 Å². The van der Waals surface area contributed by atoms with Gasteiger partial charge in [0.2, 0.25) is 11.8 Å². The van der Waals surface area contributed by atoms with E-state index in [0.29, 0.717) is 26.4 Å². The maximum absolute atomic E-state index is 13.6. The van der Waals surface area contributed by atoms with Gasteiger partial charge in [0.25, 0.3) is 0 Å². The second-order valence-electron chi connectivity index (χ2n) is 7.47. The summed E-state index contributed by atoms with van der Waals surface area (Å²) in [6, 6.07) is 9.89. The molecule has 2 aliphatic heterocycles. The van der Waals surface area contributed by atoms with Gasteiger partial charge in [-0.2, -0.15) is 0 Å². The van der Waals surface area contributed by atoms with Crippen molar-refractivity contribution in [3.8, 4) is 0 Å². The fraction of sp³-hybridized carbons (Fsp3) is 0.273. The van der Waals surface area contributed by atoms with Crippen LogP contribution in [0, 0.1) is 5.92 Å². The number of amides is 2. The van der Waals surface area contributed by atoms with Gasteiger partial charge in [0.1, 0.15) is 17.6 Å². The molecule has 0 saturated carbocycles. The summed E-state index contributed by atoms with van der Waals surface area (Å²) in [7, 11) is 0. The van der Waals surface area contributed by atoms with Gasteiger partial charge in [0.05, 0.1) is 40.3 Å². The fourth-order valence-corrected chi connectivity index (χ4v) is 7.09. The molecular formula is C22H17ClN2O6S2. The number of carbonyl (C=O) groups is 3. The molecule has 0 bridgehead atoms. The van der Waals surface area contributed by atoms with Gasteiger partial charge in [0.15, 0.2) is 0 Å². The lowest BCUT2D eigenvalue weighted by molar-refractivity contribution is -0.144. The molecule has 0 aliphatic carbocycles. The number of rotatable bonds is 5. The molecule has 3 atom stereocenters. The van der Waals surface area contributed by atoms with Crippen LogP contribution in [-0.4, -0.2) is 34.2 Å². The number of benzene rings is 1. The van der Waals surface area contributed by atoms with Gasteiger partial charge in [-0.05, 0) is 43.3 Å². The average Bonchev–Trinajstić information content (AvgIpc) is 3.48. The van der Waals surface area contributed by atoms with Crippen LogP contribution in [0.3, 0.4) is 0 Å². The number of imide groups is 1. The zero-order valence-electron chi connectivity index (χ0n) is 17.2. The molecule has 2 aromatic heterocycles. The molecule has 8 nitrogen and oxygen atoms in total. The van der Waals surface area contributed by atoms with Gasteiger partial charge >= 0.3 is 10.8 Å². The Morgan fingerprint density at radius 3 is 2.58 bits per heavy atom. The lowest BCUT2D eigenvalue weighted by Crippen LogP contribution is -2.32. The number of nitrogens with zero attached hydrogens (tertiary/aromatic N) is 2. The van der Waals surface area contributed by atoms with Gasteiger partial charge in [0, 0.05) is 5.02 Å². The molecule has 0 radical (unpaired) electrons. The zero-order valence-corrected chi connectivity index (χ0v) is 19.6. The Morgan fingerprint density at radius 1 is 1.15 bits per heavy atom. The van der Waals surface area contributed by atoms with Crippen molar-refractivity contribution < 1.29 is 23.5 Å². The summed E-state index contributed by atoms with van der Waals surface area (Å²) in [6.45, 7) is 1.61. The highest BCUT2D eigenvalue weighted by Gasteiger charge is 2.57. The van der Waals surface area contributed by atoms with Gasteiger partial charge in [-0.15, -0.1) is 0 Å². The number of furan rings is 1. The summed E-state index contributed by atoms with van der Waals surface area (Å²) in [4.78, 5) is 53.3. The maximum Gasteiger partial charge on any atom is 0.326 e. The molecular weight excluding hydrogens is 488 g/mol. The molecule has 2 amide bonds. The molecule has 0 N–H and O–H groups in total. The van der Waals surface area contributed by atoms with Crippen LogP contribution in [0.5, 0.6) is 0 Å². The quantitative estimate of drug-likeness (QED) is 0.387. The first kappa shape index (κ1) is 22.0. The minimum absolute atomic E-state index is 0.190. The standard InChI is InChI=1S/C22H17ClN2O6S2/c1-2-30-14(26)10-24-21-18(33-22(24)29)15(13-4-3-9-31-13)16-17(32-21)20(28)25(19(16)27)12-7-5-11(23)6-8-12/h3-9,15-17H,2,10H2,1H3. The normalized spacial score (nSPS) is 21.8. The highest BCUT2D eigenvalue weighted by atomic mass is 35.5. The van der Waals surface area contributed by atoms with Gasteiger partial charge in [-0.1, -0.05) is 34.7 Å². The van der Waals surface area contributed by atoms with E-state index in [9.17, 15) is 19.2 Å². The molecule has 5 rings (SSSR count). The van der Waals surface area contributed by atoms with Crippen molar-refractivity contribution in [2.75, 3.05) is 11.5 Å². The van der Waals surface area contributed by atoms with Crippen LogP contribution in [-0.2, 0) is 25.7 Å². The summed E-state index contributed by atoms with van der Waals surface area (Å²) in [5.41, 5.74) is 0.426. The minimum atomic E-state index is -0.779. The lowest BCUT2D eigenvalue weighted by atomic mass is 9.87. The lowest BCUT2D eigenvalue weighted by Gasteiger charge is -2.28. The molecule has 0 spiro atoms. The maximum atomic E-state index is 13.6. The first-order valence-corrected chi connectivity index (χ1v) is 12.2. The van der Waals surface area contributed by atoms with E-state index in [4.69, 9.17) is 20.8 Å². The van der Waals surface area contributed by atoms with Crippen LogP contribution >= 0.6 is 34.7 Å². The predicted molar refractivity (Wildman–Crippen MR) is 123 cm³/mol. The number of carbonyl (C=O) groups excluding carboxylic acids is 3. The van der Waals surface area contributed by atoms with Gasteiger partial charge in [-0.3, -0.25) is 23.7 Å². The van der Waals surface area contributed by atoms with Crippen molar-refractivity contribution in [2.45, 2.75) is 29.7 Å². The molecule has 1 saturated heterocycles. The monoisotopic (exact) mass is 504 g/mol. The van der Waals surface area contributed by atoms with Crippen LogP contribution in [0.1, 0.15) is 23.5 Å². The number of thiazole rings is 1. The molecule has 1 fully saturated rings. The Labute approximate surface area is 201 Å². The summed E-state index contributed by atoms with van der Waals surface area (Å²) in [5.74, 6) is -2.21. The van der Waals surface area contributed by atoms with Crippen LogP contribution < -0.4 is 9.77 Å². The van der Waals surface area contributed by atoms with E-state index in [1.54, 1.807) is 43.3 Å². The number of halogens is 1. The molecule has 3 aromatic rings. The molecule has 11 heteroatoms. The predicted octanol–water partition coefficient (Wildman–Crippen LogP) is 3.52. The summed E-state index contributed by atoms with van der Waals surface area (Å²) in [5, 5.41) is 0.196. The third kappa shape index (κ3) is 3.62. The number of ether oxygens (including phenoxy) is 1. The van der Waals surface area contributed by atoms with Crippen molar-refractivity contribution in [1.82, 2.24) is 4.57 Å². The highest BCUT2D eigenvalue weighted by Crippen LogP contribution is 2.53. The Hall–Kier alpha value is -2.82. The van der Waals surface area contributed by atoms with Crippen molar-refractivity contribution in [1.29, 1.82) is 0 Å². The second kappa shape index (κ2) is 8.51. The zero-order chi connectivity index (χ0) is 23.3. The Morgan fingerprint density at radius 2 is 1.91 bits per heavy atom. The highest BCUT2D eigenvalue weighted by molar-refractivity contribution is 8.00.